The summed E-state index contributed by atoms with van der Waals surface area (Å²) in [5, 5.41) is 20.6. The summed E-state index contributed by atoms with van der Waals surface area (Å²) < 4.78 is 119. The minimum absolute atomic E-state index is 0.342. The van der Waals surface area contributed by atoms with Crippen LogP contribution in [0, 0.1) is 35.5 Å². The lowest BCUT2D eigenvalue weighted by Gasteiger charge is -2.21. The second-order valence-electron chi connectivity index (χ2n) is 24.1. The van der Waals surface area contributed by atoms with Crippen molar-refractivity contribution in [2.45, 2.75) is 71.0 Å². The van der Waals surface area contributed by atoms with Gasteiger partial charge in [-0.25, -0.2) is 49.7 Å². The fraction of sp³-hybridized carbons (Fsp3) is 0.192. The molecule has 99 heavy (non-hydrogen) atoms. The Kier molecular flexibility index (Phi) is 21.4. The molecule has 6 N–H and O–H groups in total. The lowest BCUT2D eigenvalue weighted by molar-refractivity contribution is -0.0233. The Morgan fingerprint density at radius 2 is 0.788 bits per heavy atom. The second kappa shape index (κ2) is 30.0. The number of para-hydroxylation sites is 1. The number of ether oxygens (including phenoxy) is 3. The summed E-state index contributed by atoms with van der Waals surface area (Å²) in [4.78, 5) is 23.1. The molecule has 0 fully saturated rings. The Balaban J connectivity index is 0.000000161. The molecule has 3 aromatic heterocycles. The summed E-state index contributed by atoms with van der Waals surface area (Å²) in [7, 11) is -3.42. The molecule has 12 rings (SSSR count). The third-order valence-corrected chi connectivity index (χ3v) is 15.2. The predicted molar refractivity (Wildman–Crippen MR) is 375 cm³/mol. The minimum Gasteiger partial charge on any atom is -0.487 e. The minimum atomic E-state index is -3.42. The summed E-state index contributed by atoms with van der Waals surface area (Å²) in [6.07, 6.45) is 0.539. The van der Waals surface area contributed by atoms with E-state index in [9.17, 15) is 45.0 Å². The van der Waals surface area contributed by atoms with E-state index in [0.29, 0.717) is 62.6 Å². The highest BCUT2D eigenvalue weighted by Gasteiger charge is 2.25. The van der Waals surface area contributed by atoms with Gasteiger partial charge in [0, 0.05) is 43.0 Å². The van der Waals surface area contributed by atoms with Crippen molar-refractivity contribution in [2.75, 3.05) is 30.8 Å². The Morgan fingerprint density at radius 3 is 1.15 bits per heavy atom. The number of alkyl halides is 6. The van der Waals surface area contributed by atoms with Gasteiger partial charge in [0.05, 0.1) is 56.7 Å². The van der Waals surface area contributed by atoms with Crippen LogP contribution in [0.3, 0.4) is 0 Å². The molecule has 0 aliphatic carbocycles. The number of fused-ring (bicyclic) bond motifs is 3. The molecule has 0 saturated carbocycles. The first-order chi connectivity index (χ1) is 46.9. The van der Waals surface area contributed by atoms with Gasteiger partial charge in [-0.2, -0.15) is 0 Å². The number of benzene rings is 9. The quantitative estimate of drug-likeness (QED) is 0.0399. The third kappa shape index (κ3) is 20.4. The van der Waals surface area contributed by atoms with E-state index in [4.69, 9.17) is 14.2 Å². The zero-order valence-corrected chi connectivity index (χ0v) is 55.5. The van der Waals surface area contributed by atoms with Crippen LogP contribution in [0.15, 0.2) is 200 Å². The molecule has 0 radical (unpaired) electrons. The highest BCUT2D eigenvalue weighted by Crippen LogP contribution is 2.35. The molecule has 12 aromatic rings. The Bertz CT molecular complexity index is 5150. The second-order valence-corrected chi connectivity index (χ2v) is 25.9. The van der Waals surface area contributed by atoms with Crippen LogP contribution in [0.1, 0.15) is 92.9 Å². The van der Waals surface area contributed by atoms with E-state index in [1.165, 1.54) is 0 Å². The zero-order chi connectivity index (χ0) is 70.7. The number of aliphatic hydroxyl groups is 2. The first-order valence-electron chi connectivity index (χ1n) is 31.0. The summed E-state index contributed by atoms with van der Waals surface area (Å²) in [5.74, 6) is 11.9. The SMILES string of the molecule is CC(F)(F)COc1ccc(C#Cc2nc3ccc(-c4ccccc4C(C)(C)O)cc3[nH]2)cc1.CC(F)(F)COc1ccc(C#Cc2nc3ccc(-c4ccccc4NS(C)(=O)=O)cc3[nH]2)cc1.CC(O)c1ccccc1-c1ccc2nc(C#Cc3ccc(OCC(C)(F)F)cc3)[nH]c2c1. The average molecular weight is 1360 g/mol. The lowest BCUT2D eigenvalue weighted by atomic mass is 9.89. The van der Waals surface area contributed by atoms with Crippen LogP contribution >= 0.6 is 0 Å². The molecule has 0 aliphatic rings. The van der Waals surface area contributed by atoms with Crippen LogP contribution in [-0.4, -0.2) is 92.4 Å². The van der Waals surface area contributed by atoms with Gasteiger partial charge in [0.15, 0.2) is 37.3 Å². The molecule has 0 amide bonds. The number of aliphatic hydroxyl groups excluding tert-OH is 1. The molecule has 21 heteroatoms. The molecular weight excluding hydrogens is 1290 g/mol. The number of imidazole rings is 3. The number of halogens is 6. The maximum Gasteiger partial charge on any atom is 0.278 e. The fourth-order valence-electron chi connectivity index (χ4n) is 10.1. The maximum absolute atomic E-state index is 12.9. The van der Waals surface area contributed by atoms with Gasteiger partial charge in [0.25, 0.3) is 17.8 Å². The van der Waals surface area contributed by atoms with E-state index in [1.54, 1.807) is 106 Å². The van der Waals surface area contributed by atoms with Crippen LogP contribution in [0.5, 0.6) is 17.2 Å². The van der Waals surface area contributed by atoms with Gasteiger partial charge in [0.2, 0.25) is 10.0 Å². The van der Waals surface area contributed by atoms with Crippen molar-refractivity contribution in [3.05, 3.63) is 245 Å². The van der Waals surface area contributed by atoms with Gasteiger partial charge in [-0.1, -0.05) is 103 Å². The van der Waals surface area contributed by atoms with E-state index in [1.807, 2.05) is 115 Å². The smallest absolute Gasteiger partial charge is 0.278 e. The van der Waals surface area contributed by atoms with Crippen molar-refractivity contribution >= 4 is 48.8 Å². The summed E-state index contributed by atoms with van der Waals surface area (Å²) in [6.45, 7) is 5.70. The summed E-state index contributed by atoms with van der Waals surface area (Å²) in [5.41, 5.74) is 13.5. The van der Waals surface area contributed by atoms with Crippen molar-refractivity contribution in [1.29, 1.82) is 0 Å². The van der Waals surface area contributed by atoms with Crippen molar-refractivity contribution in [1.82, 2.24) is 29.9 Å². The molecule has 0 spiro atoms. The number of aromatic nitrogens is 6. The van der Waals surface area contributed by atoms with Crippen molar-refractivity contribution < 1.29 is 59.2 Å². The molecule has 1 atom stereocenters. The highest BCUT2D eigenvalue weighted by atomic mass is 32.2. The number of aromatic amines is 3. The van der Waals surface area contributed by atoms with Crippen molar-refractivity contribution in [3.8, 4) is 86.2 Å². The number of rotatable bonds is 16. The average Bonchev–Trinajstić information content (AvgIpc) is 1.62. The molecule has 1 unspecified atom stereocenters. The summed E-state index contributed by atoms with van der Waals surface area (Å²) in [6, 6.07) is 59.8. The van der Waals surface area contributed by atoms with Crippen LogP contribution in [0.4, 0.5) is 32.0 Å². The predicted octanol–water partition coefficient (Wildman–Crippen LogP) is 16.6. The van der Waals surface area contributed by atoms with Crippen LogP contribution < -0.4 is 18.9 Å². The number of hydrogen-bond acceptors (Lipinski definition) is 10. The van der Waals surface area contributed by atoms with Crippen molar-refractivity contribution in [2.24, 2.45) is 0 Å². The van der Waals surface area contributed by atoms with Crippen LogP contribution in [0.2, 0.25) is 0 Å². The van der Waals surface area contributed by atoms with Gasteiger partial charge in [-0.05, 0) is 193 Å². The van der Waals surface area contributed by atoms with E-state index < -0.39 is 59.3 Å². The number of nitrogens with zero attached hydrogens (tertiary/aromatic N) is 3. The standard InChI is InChI=1S/C27H24F2N2O2.C26H22F2N2O2.C25H21F2N3O3S/c1-26(2,32)22-7-5-4-6-21(22)19-11-14-23-24(16-19)31-25(30-23)15-10-18-8-12-20(13-9-18)33-17-27(3,28)29;1-17(31)21-5-3-4-6-22(21)19-10-13-23-24(15-19)30-25(29-23)14-9-18-7-11-20(12-8-18)32-16-26(2,27)28;1-25(26,27)16-33-19-11-7-17(8-12-19)9-14-24-28-22-13-10-18(15-23(22)29-24)20-5-3-4-6-21(20)30-34(2,31)32/h4-9,11-14,16,32H,17H2,1-3H3,(H,30,31);3-8,10-13,15,17,31H,16H2,1-2H3,(H,29,30);3-8,10-13,15,30H,16H2,1-2H3,(H,28,29). The summed E-state index contributed by atoms with van der Waals surface area (Å²) >= 11 is 0. The fourth-order valence-corrected chi connectivity index (χ4v) is 10.6. The number of hydrogen-bond donors (Lipinski definition) is 6. The number of nitrogens with one attached hydrogen (secondary N) is 4. The van der Waals surface area contributed by atoms with E-state index >= 15 is 0 Å². The Hall–Kier alpha value is -11.3. The topological polar surface area (TPSA) is 200 Å². The first kappa shape index (κ1) is 70.5. The first-order valence-corrected chi connectivity index (χ1v) is 32.9. The number of sulfonamides is 1. The molecule has 3 heterocycles. The molecule has 0 aliphatic heterocycles. The molecular formula is C78H67F6N7O7S. The van der Waals surface area contributed by atoms with Crippen LogP contribution in [-0.2, 0) is 15.6 Å². The lowest BCUT2D eigenvalue weighted by Crippen LogP contribution is -2.20. The molecule has 14 nitrogen and oxygen atoms in total. The molecule has 0 saturated heterocycles. The largest absolute Gasteiger partial charge is 0.487 e. The van der Waals surface area contributed by atoms with E-state index in [-0.39, 0.29) is 0 Å². The van der Waals surface area contributed by atoms with Gasteiger partial charge in [-0.3, -0.25) is 4.72 Å². The van der Waals surface area contributed by atoms with Crippen LogP contribution in [0.25, 0.3) is 66.5 Å². The highest BCUT2D eigenvalue weighted by molar-refractivity contribution is 7.92. The normalized spacial score (nSPS) is 11.9. The van der Waals surface area contributed by atoms with Gasteiger partial charge in [-0.15, -0.1) is 0 Å². The molecule has 504 valence electrons. The Morgan fingerprint density at radius 1 is 0.455 bits per heavy atom. The maximum atomic E-state index is 12.9. The monoisotopic (exact) mass is 1360 g/mol. The van der Waals surface area contributed by atoms with Gasteiger partial charge >= 0.3 is 0 Å². The van der Waals surface area contributed by atoms with Crippen molar-refractivity contribution in [3.63, 3.8) is 0 Å². The zero-order valence-electron chi connectivity index (χ0n) is 54.7. The van der Waals surface area contributed by atoms with E-state index in [2.05, 4.69) is 70.1 Å². The Labute approximate surface area is 568 Å². The molecule has 0 bridgehead atoms. The third-order valence-electron chi connectivity index (χ3n) is 14.6. The van der Waals surface area contributed by atoms with E-state index in [0.717, 1.165) is 99.1 Å². The van der Waals surface area contributed by atoms with Gasteiger partial charge < -0.3 is 39.4 Å². The number of H-pyrrole nitrogens is 3. The number of anilines is 1. The molecule has 9 aromatic carbocycles. The van der Waals surface area contributed by atoms with Gasteiger partial charge in [0.1, 0.15) is 17.2 Å².